The monoisotopic (exact) mass is 588 g/mol. The fourth-order valence-corrected chi connectivity index (χ4v) is 12.4. The van der Waals surface area contributed by atoms with E-state index in [4.69, 9.17) is 0 Å². The predicted octanol–water partition coefficient (Wildman–Crippen LogP) is 10.1. The van der Waals surface area contributed by atoms with Gasteiger partial charge in [-0.1, -0.05) is 79.9 Å². The maximum absolute atomic E-state index is 11.5. The number of phenolic OH excluding ortho intramolecular Hbond substituents is 2. The molecule has 0 radical (unpaired) electrons. The number of hydrogen-bond donors (Lipinski definition) is 3. The molecule has 43 heavy (non-hydrogen) atoms. The molecule has 0 heterocycles. The quantitative estimate of drug-likeness (QED) is 0.209. The summed E-state index contributed by atoms with van der Waals surface area (Å²) in [5.41, 5.74) is 3.51. The lowest BCUT2D eigenvalue weighted by Crippen LogP contribution is -2.56. The number of rotatable bonds is 8. The number of carboxylic acids is 1. The lowest BCUT2D eigenvalue weighted by Gasteiger charge is -2.63. The Hall–Kier alpha value is -2.23. The van der Waals surface area contributed by atoms with Crippen molar-refractivity contribution >= 4 is 17.6 Å². The third-order valence-electron chi connectivity index (χ3n) is 14.6. The van der Waals surface area contributed by atoms with Crippen LogP contribution >= 0.6 is 0 Å². The van der Waals surface area contributed by atoms with E-state index >= 15 is 0 Å². The van der Waals surface area contributed by atoms with Gasteiger partial charge in [0.25, 0.3) is 0 Å². The lowest BCUT2D eigenvalue weighted by molar-refractivity contribution is -0.131. The van der Waals surface area contributed by atoms with Crippen LogP contribution in [0.4, 0.5) is 0 Å². The highest BCUT2D eigenvalue weighted by Crippen LogP contribution is 2.90. The molecule has 4 saturated carbocycles. The van der Waals surface area contributed by atoms with Gasteiger partial charge < -0.3 is 15.3 Å². The molecule has 2 spiro atoms. The van der Waals surface area contributed by atoms with Crippen molar-refractivity contribution in [2.75, 3.05) is 0 Å². The number of carboxylic acid groups (broad SMARTS) is 1. The van der Waals surface area contributed by atoms with E-state index in [0.29, 0.717) is 33.8 Å². The van der Waals surface area contributed by atoms with Crippen molar-refractivity contribution in [2.45, 2.75) is 119 Å². The smallest absolute Gasteiger partial charge is 0.328 e. The van der Waals surface area contributed by atoms with Gasteiger partial charge in [-0.05, 0) is 126 Å². The highest BCUT2D eigenvalue weighted by molar-refractivity contribution is 5.90. The molecule has 4 fully saturated rings. The van der Waals surface area contributed by atoms with Gasteiger partial charge in [-0.2, -0.15) is 0 Å². The molecule has 0 bridgehead atoms. The number of benzene rings is 1. The van der Waals surface area contributed by atoms with Crippen LogP contribution in [0.1, 0.15) is 130 Å². The van der Waals surface area contributed by atoms with Gasteiger partial charge in [-0.3, -0.25) is 0 Å². The fourth-order valence-electron chi connectivity index (χ4n) is 12.4. The van der Waals surface area contributed by atoms with Crippen molar-refractivity contribution in [3.63, 3.8) is 0 Å². The topological polar surface area (TPSA) is 77.8 Å². The Morgan fingerprint density at radius 3 is 2.37 bits per heavy atom. The minimum Gasteiger partial charge on any atom is -0.504 e. The Bertz CT molecular complexity index is 1350. The molecule has 1 aromatic carbocycles. The predicted molar refractivity (Wildman–Crippen MR) is 175 cm³/mol. The summed E-state index contributed by atoms with van der Waals surface area (Å²) in [4.78, 5) is 11.5. The Kier molecular flexibility index (Phi) is 7.26. The number of aliphatic carboxylic acids is 1. The van der Waals surface area contributed by atoms with Crippen LogP contribution in [-0.4, -0.2) is 21.3 Å². The maximum Gasteiger partial charge on any atom is 0.328 e. The number of phenols is 2. The SMILES string of the molecule is CC(C)CCC[C@@H](C)[C@H]1CC[C@@]2(C)[C@@H]3CC[C@H]4C(C)(C)CC=C(c5c(/C=C/C(=O)O)ccc(O)c5O)[C@@]45C[C@@]35CC[C@]12C. The van der Waals surface area contributed by atoms with E-state index in [2.05, 4.69) is 54.5 Å². The second kappa shape index (κ2) is 10.1. The van der Waals surface area contributed by atoms with Crippen molar-refractivity contribution in [1.82, 2.24) is 0 Å². The maximum atomic E-state index is 11.5. The molecule has 0 amide bonds. The second-order valence-electron chi connectivity index (χ2n) is 17.1. The summed E-state index contributed by atoms with van der Waals surface area (Å²) in [6.07, 6.45) is 18.9. The summed E-state index contributed by atoms with van der Waals surface area (Å²) >= 11 is 0. The highest BCUT2D eigenvalue weighted by Gasteiger charge is 2.83. The summed E-state index contributed by atoms with van der Waals surface area (Å²) in [5, 5.41) is 31.6. The zero-order valence-corrected chi connectivity index (χ0v) is 27.8. The summed E-state index contributed by atoms with van der Waals surface area (Å²) < 4.78 is 0. The van der Waals surface area contributed by atoms with Crippen LogP contribution in [0.3, 0.4) is 0 Å². The molecule has 6 rings (SSSR count). The number of fused-ring (bicyclic) bond motifs is 2. The molecule has 0 unspecified atom stereocenters. The number of hydrogen-bond acceptors (Lipinski definition) is 3. The molecular formula is C39H56O4. The first-order valence-corrected chi connectivity index (χ1v) is 17.3. The Labute approximate surface area is 260 Å². The van der Waals surface area contributed by atoms with Gasteiger partial charge in [0, 0.05) is 17.1 Å². The first-order chi connectivity index (χ1) is 20.1. The van der Waals surface area contributed by atoms with Gasteiger partial charge in [0.15, 0.2) is 11.5 Å². The Balaban J connectivity index is 1.41. The van der Waals surface area contributed by atoms with E-state index in [1.54, 1.807) is 12.1 Å². The van der Waals surface area contributed by atoms with Crippen molar-refractivity contribution in [2.24, 2.45) is 56.7 Å². The third-order valence-corrected chi connectivity index (χ3v) is 14.6. The minimum absolute atomic E-state index is 0.0416. The van der Waals surface area contributed by atoms with E-state index in [1.165, 1.54) is 69.4 Å². The summed E-state index contributed by atoms with van der Waals surface area (Å²) in [6, 6.07) is 3.26. The summed E-state index contributed by atoms with van der Waals surface area (Å²) in [5.74, 6) is 2.25. The van der Waals surface area contributed by atoms with E-state index in [-0.39, 0.29) is 27.7 Å². The van der Waals surface area contributed by atoms with Crippen molar-refractivity contribution < 1.29 is 20.1 Å². The Morgan fingerprint density at radius 1 is 0.953 bits per heavy atom. The van der Waals surface area contributed by atoms with Crippen LogP contribution in [0.25, 0.3) is 11.6 Å². The number of carbonyl (C=O) groups is 1. The van der Waals surface area contributed by atoms with Crippen LogP contribution in [0.5, 0.6) is 11.5 Å². The molecule has 0 aliphatic heterocycles. The van der Waals surface area contributed by atoms with Gasteiger partial charge in [0.1, 0.15) is 0 Å². The molecule has 0 aromatic heterocycles. The van der Waals surface area contributed by atoms with Crippen LogP contribution in [-0.2, 0) is 4.79 Å². The molecule has 3 N–H and O–H groups in total. The zero-order valence-electron chi connectivity index (χ0n) is 27.8. The van der Waals surface area contributed by atoms with Crippen molar-refractivity contribution in [1.29, 1.82) is 0 Å². The largest absolute Gasteiger partial charge is 0.504 e. The molecule has 236 valence electrons. The summed E-state index contributed by atoms with van der Waals surface area (Å²) in [6.45, 7) is 17.4. The van der Waals surface area contributed by atoms with E-state index < -0.39 is 5.97 Å². The highest BCUT2D eigenvalue weighted by atomic mass is 16.4. The molecule has 5 aliphatic rings. The molecule has 5 aliphatic carbocycles. The molecule has 8 atom stereocenters. The van der Waals surface area contributed by atoms with Crippen LogP contribution in [0.15, 0.2) is 24.3 Å². The van der Waals surface area contributed by atoms with Crippen LogP contribution < -0.4 is 0 Å². The standard InChI is InChI=1S/C39H56O4/c1-24(2)9-8-10-25(3)27-18-20-37(7)31-15-14-30-35(4,5)19-17-28(39(30)23-38(31,39)22-21-36(27,37)6)33-26(12-16-32(41)42)11-13-29(40)34(33)43/h11-13,16-17,24-25,27,30-31,40,43H,8-10,14-15,18-23H2,1-7H3,(H,41,42)/b16-12+/t25-,27-,30+,31+,36-,37+,38+,39+/m1/s1. The molecular weight excluding hydrogens is 532 g/mol. The van der Waals surface area contributed by atoms with Crippen LogP contribution in [0.2, 0.25) is 0 Å². The minimum atomic E-state index is -1.01. The average Bonchev–Trinajstić information content (AvgIpc) is 3.52. The van der Waals surface area contributed by atoms with E-state index in [1.807, 2.05) is 0 Å². The lowest BCUT2D eigenvalue weighted by atomic mass is 9.41. The second-order valence-corrected chi connectivity index (χ2v) is 17.1. The third kappa shape index (κ3) is 4.23. The molecule has 1 aromatic rings. The van der Waals surface area contributed by atoms with Gasteiger partial charge in [0.2, 0.25) is 0 Å². The van der Waals surface area contributed by atoms with Crippen molar-refractivity contribution in [3.8, 4) is 11.5 Å². The fraction of sp³-hybridized carbons (Fsp3) is 0.718. The normalized spacial score (nSPS) is 39.9. The molecule has 0 saturated heterocycles. The number of aromatic hydroxyl groups is 2. The van der Waals surface area contributed by atoms with E-state index in [9.17, 15) is 20.1 Å². The average molecular weight is 589 g/mol. The molecule has 4 heteroatoms. The van der Waals surface area contributed by atoms with Gasteiger partial charge in [-0.25, -0.2) is 4.79 Å². The van der Waals surface area contributed by atoms with Gasteiger partial charge in [-0.15, -0.1) is 0 Å². The number of allylic oxidation sites excluding steroid dienone is 2. The van der Waals surface area contributed by atoms with E-state index in [0.717, 1.165) is 36.7 Å². The Morgan fingerprint density at radius 2 is 1.67 bits per heavy atom. The summed E-state index contributed by atoms with van der Waals surface area (Å²) in [7, 11) is 0. The van der Waals surface area contributed by atoms with Gasteiger partial charge in [0.05, 0.1) is 0 Å². The van der Waals surface area contributed by atoms with Crippen molar-refractivity contribution in [3.05, 3.63) is 35.4 Å². The first-order valence-electron chi connectivity index (χ1n) is 17.3. The first kappa shape index (κ1) is 30.8. The van der Waals surface area contributed by atoms with Gasteiger partial charge >= 0.3 is 5.97 Å². The van der Waals surface area contributed by atoms with Crippen LogP contribution in [0, 0.1) is 56.7 Å². The molecule has 4 nitrogen and oxygen atoms in total. The zero-order chi connectivity index (χ0) is 31.2.